The highest BCUT2D eigenvalue weighted by Gasteiger charge is 2.17. The van der Waals surface area contributed by atoms with Crippen molar-refractivity contribution >= 4 is 82.5 Å². The Hall–Kier alpha value is -7.88. The fraction of sp³-hybridized carbons (Fsp3) is 0. The van der Waals surface area contributed by atoms with Crippen molar-refractivity contribution < 1.29 is 8.83 Å². The van der Waals surface area contributed by atoms with Crippen LogP contribution in [0.15, 0.2) is 221 Å². The zero-order valence-electron chi connectivity index (χ0n) is 32.0. The molecule has 0 atom stereocenters. The molecule has 0 saturated heterocycles. The zero-order valence-corrected chi connectivity index (χ0v) is 32.0. The van der Waals surface area contributed by atoms with E-state index in [0.29, 0.717) is 0 Å². The van der Waals surface area contributed by atoms with Crippen LogP contribution in [-0.2, 0) is 0 Å². The second kappa shape index (κ2) is 13.4. The SMILES string of the molecule is c1ccc(-c2ccc(N(c3ccc(-c4ccc5oc6c7ccccc7ccc6c5c4)cc3)c3ccc(-c4ccc5oc6c7ccccc7ccc6c5c4)cc3)cc2)cc1. The average Bonchev–Trinajstić information content (AvgIpc) is 3.88. The third-order valence-electron chi connectivity index (χ3n) is 11.9. The highest BCUT2D eigenvalue weighted by molar-refractivity contribution is 6.16. The summed E-state index contributed by atoms with van der Waals surface area (Å²) in [6.07, 6.45) is 0. The minimum Gasteiger partial charge on any atom is -0.455 e. The molecular formula is C56H35NO2. The van der Waals surface area contributed by atoms with Gasteiger partial charge in [0.25, 0.3) is 0 Å². The normalized spacial score (nSPS) is 11.7. The summed E-state index contributed by atoms with van der Waals surface area (Å²) in [7, 11) is 0. The second-order valence-electron chi connectivity index (χ2n) is 15.3. The largest absolute Gasteiger partial charge is 0.455 e. The van der Waals surface area contributed by atoms with Crippen LogP contribution in [0.3, 0.4) is 0 Å². The van der Waals surface area contributed by atoms with Gasteiger partial charge in [-0.15, -0.1) is 0 Å². The molecule has 10 aromatic carbocycles. The van der Waals surface area contributed by atoms with Crippen LogP contribution in [-0.4, -0.2) is 0 Å². The summed E-state index contributed by atoms with van der Waals surface area (Å²) in [5.41, 5.74) is 13.9. The number of hydrogen-bond acceptors (Lipinski definition) is 3. The number of furan rings is 2. The van der Waals surface area contributed by atoms with Crippen LogP contribution in [0, 0.1) is 0 Å². The van der Waals surface area contributed by atoms with Crippen LogP contribution >= 0.6 is 0 Å². The molecule has 0 radical (unpaired) electrons. The lowest BCUT2D eigenvalue weighted by atomic mass is 10.00. The maximum absolute atomic E-state index is 6.41. The molecule has 2 heterocycles. The monoisotopic (exact) mass is 753 g/mol. The van der Waals surface area contributed by atoms with Gasteiger partial charge in [-0.1, -0.05) is 140 Å². The Labute approximate surface area is 340 Å². The van der Waals surface area contributed by atoms with Crippen molar-refractivity contribution in [2.24, 2.45) is 0 Å². The van der Waals surface area contributed by atoms with E-state index in [2.05, 4.69) is 217 Å². The first-order valence-electron chi connectivity index (χ1n) is 20.1. The summed E-state index contributed by atoms with van der Waals surface area (Å²) in [6, 6.07) is 75.8. The molecule has 0 aliphatic heterocycles. The Morgan fingerprint density at radius 1 is 0.254 bits per heavy atom. The Morgan fingerprint density at radius 2 is 0.627 bits per heavy atom. The van der Waals surface area contributed by atoms with Crippen molar-refractivity contribution in [2.75, 3.05) is 4.90 Å². The maximum Gasteiger partial charge on any atom is 0.143 e. The summed E-state index contributed by atoms with van der Waals surface area (Å²) < 4.78 is 12.8. The van der Waals surface area contributed by atoms with E-state index in [9.17, 15) is 0 Å². The van der Waals surface area contributed by atoms with Crippen molar-refractivity contribution in [2.45, 2.75) is 0 Å². The summed E-state index contributed by atoms with van der Waals surface area (Å²) >= 11 is 0. The van der Waals surface area contributed by atoms with Crippen molar-refractivity contribution in [1.29, 1.82) is 0 Å². The Balaban J connectivity index is 0.913. The molecule has 3 heteroatoms. The first-order chi connectivity index (χ1) is 29.2. The quantitative estimate of drug-likeness (QED) is 0.169. The molecule has 3 nitrogen and oxygen atoms in total. The first kappa shape index (κ1) is 33.3. The lowest BCUT2D eigenvalue weighted by Gasteiger charge is -2.26. The van der Waals surface area contributed by atoms with Crippen molar-refractivity contribution in [3.05, 3.63) is 212 Å². The van der Waals surface area contributed by atoms with Crippen LogP contribution in [0.25, 0.3) is 98.8 Å². The molecule has 0 saturated carbocycles. The molecule has 0 bridgehead atoms. The maximum atomic E-state index is 6.41. The van der Waals surface area contributed by atoms with Gasteiger partial charge in [0.2, 0.25) is 0 Å². The van der Waals surface area contributed by atoms with E-state index in [1.807, 2.05) is 0 Å². The molecule has 12 aromatic rings. The van der Waals surface area contributed by atoms with Gasteiger partial charge in [0.1, 0.15) is 22.3 Å². The lowest BCUT2D eigenvalue weighted by molar-refractivity contribution is 0.672. The van der Waals surface area contributed by atoms with E-state index < -0.39 is 0 Å². The molecule has 0 aliphatic carbocycles. The lowest BCUT2D eigenvalue weighted by Crippen LogP contribution is -2.09. The van der Waals surface area contributed by atoms with Gasteiger partial charge in [0.05, 0.1) is 0 Å². The second-order valence-corrected chi connectivity index (χ2v) is 15.3. The van der Waals surface area contributed by atoms with Gasteiger partial charge in [-0.2, -0.15) is 0 Å². The molecule has 12 rings (SSSR count). The molecule has 0 unspecified atom stereocenters. The van der Waals surface area contributed by atoms with Crippen LogP contribution in [0.4, 0.5) is 17.1 Å². The topological polar surface area (TPSA) is 29.5 Å². The third-order valence-corrected chi connectivity index (χ3v) is 11.9. The number of nitrogens with zero attached hydrogens (tertiary/aromatic N) is 1. The molecule has 2 aromatic heterocycles. The number of fused-ring (bicyclic) bond motifs is 10. The van der Waals surface area contributed by atoms with Gasteiger partial charge in [-0.05, 0) is 117 Å². The number of anilines is 3. The summed E-state index contributed by atoms with van der Waals surface area (Å²) in [6.45, 7) is 0. The van der Waals surface area contributed by atoms with E-state index >= 15 is 0 Å². The molecule has 0 fully saturated rings. The standard InChI is InChI=1S/C56H35NO2/c1-2-8-36(9-3-1)37-14-24-44(25-15-37)57(45-26-16-38(17-27-45)42-22-32-53-51(34-42)49-30-20-40-10-4-6-12-47(40)55(49)58-53)46-28-18-39(19-29-46)43-23-33-54-52(35-43)50-31-21-41-11-5-7-13-48(41)56(50)59-54/h1-35H. The zero-order chi connectivity index (χ0) is 38.9. The summed E-state index contributed by atoms with van der Waals surface area (Å²) in [5.74, 6) is 0. The van der Waals surface area contributed by atoms with E-state index in [1.165, 1.54) is 21.9 Å². The van der Waals surface area contributed by atoms with Gasteiger partial charge in [0, 0.05) is 49.4 Å². The number of hydrogen-bond donors (Lipinski definition) is 0. The fourth-order valence-corrected chi connectivity index (χ4v) is 8.85. The van der Waals surface area contributed by atoms with Gasteiger partial charge in [0.15, 0.2) is 0 Å². The van der Waals surface area contributed by atoms with E-state index in [0.717, 1.165) is 94.0 Å². The van der Waals surface area contributed by atoms with Crippen molar-refractivity contribution in [3.8, 4) is 33.4 Å². The smallest absolute Gasteiger partial charge is 0.143 e. The molecule has 0 spiro atoms. The first-order valence-corrected chi connectivity index (χ1v) is 20.1. The van der Waals surface area contributed by atoms with E-state index in [4.69, 9.17) is 8.83 Å². The molecular weight excluding hydrogens is 719 g/mol. The Morgan fingerprint density at radius 3 is 1.08 bits per heavy atom. The highest BCUT2D eigenvalue weighted by Crippen LogP contribution is 2.41. The molecule has 0 amide bonds. The van der Waals surface area contributed by atoms with E-state index in [-0.39, 0.29) is 0 Å². The minimum atomic E-state index is 0.900. The molecule has 0 aliphatic rings. The van der Waals surface area contributed by atoms with Gasteiger partial charge >= 0.3 is 0 Å². The Kier molecular flexibility index (Phi) is 7.54. The van der Waals surface area contributed by atoms with Crippen LogP contribution in [0.2, 0.25) is 0 Å². The number of benzene rings is 10. The van der Waals surface area contributed by atoms with Crippen molar-refractivity contribution in [3.63, 3.8) is 0 Å². The molecule has 59 heavy (non-hydrogen) atoms. The number of rotatable bonds is 6. The Bertz CT molecular complexity index is 3330. The predicted octanol–water partition coefficient (Wildman–Crippen LogP) is 16.3. The van der Waals surface area contributed by atoms with Gasteiger partial charge in [-0.3, -0.25) is 0 Å². The summed E-state index contributed by atoms with van der Waals surface area (Å²) in [4.78, 5) is 2.33. The molecule has 276 valence electrons. The minimum absolute atomic E-state index is 0.900. The fourth-order valence-electron chi connectivity index (χ4n) is 8.85. The third kappa shape index (κ3) is 5.59. The van der Waals surface area contributed by atoms with E-state index in [1.54, 1.807) is 0 Å². The molecule has 0 N–H and O–H groups in total. The van der Waals surface area contributed by atoms with Gasteiger partial charge < -0.3 is 13.7 Å². The van der Waals surface area contributed by atoms with Crippen LogP contribution < -0.4 is 4.90 Å². The predicted molar refractivity (Wildman–Crippen MR) is 247 cm³/mol. The van der Waals surface area contributed by atoms with Crippen LogP contribution in [0.1, 0.15) is 0 Å². The average molecular weight is 754 g/mol. The van der Waals surface area contributed by atoms with Gasteiger partial charge in [-0.25, -0.2) is 0 Å². The van der Waals surface area contributed by atoms with Crippen molar-refractivity contribution in [1.82, 2.24) is 0 Å². The highest BCUT2D eigenvalue weighted by atomic mass is 16.3. The summed E-state index contributed by atoms with van der Waals surface area (Å²) in [5, 5.41) is 9.17. The van der Waals surface area contributed by atoms with Crippen LogP contribution in [0.5, 0.6) is 0 Å².